The molecule has 0 aliphatic carbocycles. The van der Waals surface area contributed by atoms with Crippen LogP contribution in [0.4, 0.5) is 11.4 Å². The Labute approximate surface area is 113 Å². The van der Waals surface area contributed by atoms with Gasteiger partial charge in [0.2, 0.25) is 0 Å². The highest BCUT2D eigenvalue weighted by atomic mass is 35.5. The van der Waals surface area contributed by atoms with E-state index in [2.05, 4.69) is 17.1 Å². The van der Waals surface area contributed by atoms with Gasteiger partial charge in [-0.2, -0.15) is 0 Å². The standard InChI is InChI=1S/C13H19ClN4/c1-2-10-8-18(4-3-17-10)13-6-9(14)5-12(16)11(13)7-15/h5-7,10,15,17H,2-4,8,16H2,1H3. The van der Waals surface area contributed by atoms with Crippen LogP contribution in [0.3, 0.4) is 0 Å². The number of nitrogens with one attached hydrogen (secondary N) is 2. The van der Waals surface area contributed by atoms with Crippen LogP contribution in [0, 0.1) is 5.41 Å². The second-order valence-electron chi connectivity index (χ2n) is 4.58. The van der Waals surface area contributed by atoms with E-state index in [1.165, 1.54) is 6.21 Å². The van der Waals surface area contributed by atoms with Gasteiger partial charge in [-0.3, -0.25) is 0 Å². The van der Waals surface area contributed by atoms with Crippen molar-refractivity contribution in [2.75, 3.05) is 30.3 Å². The summed E-state index contributed by atoms with van der Waals surface area (Å²) in [6, 6.07) is 4.08. The van der Waals surface area contributed by atoms with Crippen LogP contribution < -0.4 is 16.0 Å². The van der Waals surface area contributed by atoms with Crippen LogP contribution in [0.1, 0.15) is 18.9 Å². The van der Waals surface area contributed by atoms with E-state index >= 15 is 0 Å². The molecule has 1 atom stereocenters. The molecule has 0 saturated carbocycles. The van der Waals surface area contributed by atoms with Crippen LogP contribution in [0.2, 0.25) is 5.02 Å². The average molecular weight is 267 g/mol. The molecule has 5 heteroatoms. The van der Waals surface area contributed by atoms with E-state index in [-0.39, 0.29) is 0 Å². The number of rotatable bonds is 3. The molecule has 4 nitrogen and oxygen atoms in total. The van der Waals surface area contributed by atoms with E-state index in [0.29, 0.717) is 16.8 Å². The number of hydrogen-bond acceptors (Lipinski definition) is 4. The van der Waals surface area contributed by atoms with Crippen molar-refractivity contribution in [1.82, 2.24) is 5.32 Å². The minimum absolute atomic E-state index is 0.484. The minimum Gasteiger partial charge on any atom is -0.398 e. The van der Waals surface area contributed by atoms with Gasteiger partial charge in [0.1, 0.15) is 0 Å². The molecule has 0 spiro atoms. The van der Waals surface area contributed by atoms with Gasteiger partial charge in [0.05, 0.1) is 0 Å². The Bertz CT molecular complexity index is 447. The fraction of sp³-hybridized carbons (Fsp3) is 0.462. The zero-order valence-corrected chi connectivity index (χ0v) is 11.3. The summed E-state index contributed by atoms with van der Waals surface area (Å²) in [5, 5.41) is 11.6. The zero-order chi connectivity index (χ0) is 13.1. The predicted octanol–water partition coefficient (Wildman–Crippen LogP) is 2.11. The maximum Gasteiger partial charge on any atom is 0.0492 e. The molecule has 0 amide bonds. The summed E-state index contributed by atoms with van der Waals surface area (Å²) < 4.78 is 0. The van der Waals surface area contributed by atoms with Crippen LogP contribution >= 0.6 is 11.6 Å². The van der Waals surface area contributed by atoms with Gasteiger partial charge in [-0.15, -0.1) is 0 Å². The molecule has 1 heterocycles. The van der Waals surface area contributed by atoms with Gasteiger partial charge in [0.15, 0.2) is 0 Å². The number of anilines is 2. The van der Waals surface area contributed by atoms with Gasteiger partial charge in [-0.1, -0.05) is 18.5 Å². The first-order valence-electron chi connectivity index (χ1n) is 6.23. The minimum atomic E-state index is 0.484. The topological polar surface area (TPSA) is 65.1 Å². The molecule has 2 rings (SSSR count). The maximum atomic E-state index is 7.52. The molecule has 1 saturated heterocycles. The summed E-state index contributed by atoms with van der Waals surface area (Å²) in [4.78, 5) is 2.26. The molecule has 1 unspecified atom stereocenters. The lowest BCUT2D eigenvalue weighted by Gasteiger charge is -2.36. The van der Waals surface area contributed by atoms with Crippen molar-refractivity contribution in [2.45, 2.75) is 19.4 Å². The van der Waals surface area contributed by atoms with E-state index in [9.17, 15) is 0 Å². The molecule has 1 aliphatic rings. The highest BCUT2D eigenvalue weighted by Crippen LogP contribution is 2.29. The van der Waals surface area contributed by atoms with Gasteiger partial charge in [0.25, 0.3) is 0 Å². The van der Waals surface area contributed by atoms with E-state index in [1.807, 2.05) is 6.07 Å². The third kappa shape index (κ3) is 2.60. The fourth-order valence-corrected chi connectivity index (χ4v) is 2.58. The lowest BCUT2D eigenvalue weighted by molar-refractivity contribution is 0.447. The fourth-order valence-electron chi connectivity index (χ4n) is 2.36. The van der Waals surface area contributed by atoms with Gasteiger partial charge in [-0.25, -0.2) is 0 Å². The summed E-state index contributed by atoms with van der Waals surface area (Å²) in [5.74, 6) is 0. The molecule has 0 bridgehead atoms. The second-order valence-corrected chi connectivity index (χ2v) is 5.01. The predicted molar refractivity (Wildman–Crippen MR) is 78.0 cm³/mol. The highest BCUT2D eigenvalue weighted by Gasteiger charge is 2.20. The summed E-state index contributed by atoms with van der Waals surface area (Å²) in [6.45, 7) is 4.96. The van der Waals surface area contributed by atoms with Crippen LogP contribution in [0.15, 0.2) is 12.1 Å². The Morgan fingerprint density at radius 3 is 3.06 bits per heavy atom. The summed E-state index contributed by atoms with van der Waals surface area (Å²) >= 11 is 6.07. The Morgan fingerprint density at radius 2 is 2.39 bits per heavy atom. The highest BCUT2D eigenvalue weighted by molar-refractivity contribution is 6.31. The van der Waals surface area contributed by atoms with Crippen LogP contribution in [0.25, 0.3) is 0 Å². The van der Waals surface area contributed by atoms with E-state index in [4.69, 9.17) is 22.7 Å². The molecule has 1 aliphatic heterocycles. The number of nitrogen functional groups attached to an aromatic ring is 1. The van der Waals surface area contributed by atoms with Crippen LogP contribution in [0.5, 0.6) is 0 Å². The van der Waals surface area contributed by atoms with Crippen LogP contribution in [-0.2, 0) is 0 Å². The number of piperazine rings is 1. The monoisotopic (exact) mass is 266 g/mol. The first kappa shape index (κ1) is 13.2. The maximum absolute atomic E-state index is 7.52. The molecule has 0 radical (unpaired) electrons. The van der Waals surface area contributed by atoms with Gasteiger partial charge >= 0.3 is 0 Å². The van der Waals surface area contributed by atoms with Crippen molar-refractivity contribution < 1.29 is 0 Å². The lowest BCUT2D eigenvalue weighted by Crippen LogP contribution is -2.50. The number of halogens is 1. The Hall–Kier alpha value is -1.26. The Morgan fingerprint density at radius 1 is 1.61 bits per heavy atom. The van der Waals surface area contributed by atoms with Crippen molar-refractivity contribution in [3.8, 4) is 0 Å². The van der Waals surface area contributed by atoms with Crippen molar-refractivity contribution in [3.05, 3.63) is 22.7 Å². The molecule has 1 fully saturated rings. The Balaban J connectivity index is 2.34. The van der Waals surface area contributed by atoms with Gasteiger partial charge in [0, 0.05) is 53.9 Å². The van der Waals surface area contributed by atoms with Gasteiger partial charge < -0.3 is 21.4 Å². The van der Waals surface area contributed by atoms with Crippen molar-refractivity contribution >= 4 is 29.2 Å². The summed E-state index contributed by atoms with van der Waals surface area (Å²) in [7, 11) is 0. The van der Waals surface area contributed by atoms with E-state index in [1.54, 1.807) is 6.07 Å². The third-order valence-electron chi connectivity index (χ3n) is 3.39. The SMILES string of the molecule is CCC1CN(c2cc(Cl)cc(N)c2C=N)CCN1. The number of hydrogen-bond donors (Lipinski definition) is 3. The molecular formula is C13H19ClN4. The first-order chi connectivity index (χ1) is 8.65. The summed E-state index contributed by atoms with van der Waals surface area (Å²) in [6.07, 6.45) is 2.40. The molecule has 18 heavy (non-hydrogen) atoms. The third-order valence-corrected chi connectivity index (χ3v) is 3.61. The molecule has 1 aromatic rings. The molecule has 1 aromatic carbocycles. The number of nitrogens with two attached hydrogens (primary N) is 1. The second kappa shape index (κ2) is 5.59. The zero-order valence-electron chi connectivity index (χ0n) is 10.5. The van der Waals surface area contributed by atoms with E-state index < -0.39 is 0 Å². The molecular weight excluding hydrogens is 248 g/mol. The van der Waals surface area contributed by atoms with E-state index in [0.717, 1.165) is 37.3 Å². The molecule has 98 valence electrons. The van der Waals surface area contributed by atoms with Crippen LogP contribution in [-0.4, -0.2) is 31.9 Å². The normalized spacial score (nSPS) is 19.9. The van der Waals surface area contributed by atoms with Gasteiger partial charge in [-0.05, 0) is 18.6 Å². The van der Waals surface area contributed by atoms with Crippen molar-refractivity contribution in [1.29, 1.82) is 5.41 Å². The lowest BCUT2D eigenvalue weighted by atomic mass is 10.1. The molecule has 0 aromatic heterocycles. The Kier molecular flexibility index (Phi) is 4.09. The molecule has 4 N–H and O–H groups in total. The summed E-state index contributed by atoms with van der Waals surface area (Å²) in [5.41, 5.74) is 8.23. The number of benzene rings is 1. The van der Waals surface area contributed by atoms with Crippen molar-refractivity contribution in [3.63, 3.8) is 0 Å². The average Bonchev–Trinajstić information content (AvgIpc) is 2.38. The number of nitrogens with zero attached hydrogens (tertiary/aromatic N) is 1. The quantitative estimate of drug-likeness (QED) is 0.580. The first-order valence-corrected chi connectivity index (χ1v) is 6.61. The van der Waals surface area contributed by atoms with Crippen molar-refractivity contribution in [2.24, 2.45) is 0 Å². The smallest absolute Gasteiger partial charge is 0.0492 e. The largest absolute Gasteiger partial charge is 0.398 e.